The van der Waals surface area contributed by atoms with Crippen molar-refractivity contribution in [2.45, 2.75) is 50.7 Å². The molecule has 0 radical (unpaired) electrons. The number of nitrogens with zero attached hydrogens (tertiary/aromatic N) is 2. The monoisotopic (exact) mass is 350 g/mol. The van der Waals surface area contributed by atoms with Crippen LogP contribution in [0.15, 0.2) is 0 Å². The molecule has 2 aliphatic heterocycles. The van der Waals surface area contributed by atoms with E-state index in [0.717, 1.165) is 11.3 Å². The van der Waals surface area contributed by atoms with Crippen LogP contribution in [-0.2, 0) is 19.6 Å². The summed E-state index contributed by atoms with van der Waals surface area (Å²) in [5.41, 5.74) is -2.43. The van der Waals surface area contributed by atoms with E-state index in [0.29, 0.717) is 19.3 Å². The van der Waals surface area contributed by atoms with Crippen molar-refractivity contribution >= 4 is 21.9 Å². The Bertz CT molecular complexity index is 582. The second kappa shape index (κ2) is 6.72. The summed E-state index contributed by atoms with van der Waals surface area (Å²) in [5.74, 6) is -2.09. The van der Waals surface area contributed by atoms with Crippen molar-refractivity contribution in [3.05, 3.63) is 0 Å². The lowest BCUT2D eigenvalue weighted by Gasteiger charge is -2.35. The molecule has 2 fully saturated rings. The van der Waals surface area contributed by atoms with Crippen molar-refractivity contribution in [1.82, 2.24) is 9.21 Å². The summed E-state index contributed by atoms with van der Waals surface area (Å²) in [7, 11) is -3.53. The van der Waals surface area contributed by atoms with E-state index in [1.54, 1.807) is 6.92 Å². The number of hydrogen-bond acceptors (Lipinski definition) is 4. The molecule has 23 heavy (non-hydrogen) atoms. The maximum atomic E-state index is 14.1. The van der Waals surface area contributed by atoms with Crippen LogP contribution in [0.25, 0.3) is 0 Å². The summed E-state index contributed by atoms with van der Waals surface area (Å²) >= 11 is 0. The molecule has 0 bridgehead atoms. The average molecular weight is 350 g/mol. The highest BCUT2D eigenvalue weighted by Crippen LogP contribution is 2.29. The Morgan fingerprint density at radius 1 is 1.30 bits per heavy atom. The highest BCUT2D eigenvalue weighted by atomic mass is 32.2. The van der Waals surface area contributed by atoms with Crippen molar-refractivity contribution in [3.8, 4) is 0 Å². The highest BCUT2D eigenvalue weighted by molar-refractivity contribution is 7.89. The van der Waals surface area contributed by atoms with Crippen LogP contribution in [-0.4, -0.2) is 71.7 Å². The first kappa shape index (κ1) is 18.1. The van der Waals surface area contributed by atoms with E-state index in [1.807, 2.05) is 0 Å². The molecule has 0 aliphatic carbocycles. The molecule has 9 heteroatoms. The SMILES string of the molecule is CCCS(=O)(=O)N1CCCCC1C(=O)N1CCC(F)(C(=O)O)C1. The zero-order chi connectivity index (χ0) is 17.3. The molecule has 0 aromatic rings. The molecular formula is C14H23FN2O5S. The van der Waals surface area contributed by atoms with Gasteiger partial charge in [0.15, 0.2) is 0 Å². The van der Waals surface area contributed by atoms with Gasteiger partial charge in [0.05, 0.1) is 12.3 Å². The van der Waals surface area contributed by atoms with Crippen molar-refractivity contribution < 1.29 is 27.5 Å². The fraction of sp³-hybridized carbons (Fsp3) is 0.857. The molecule has 2 saturated heterocycles. The zero-order valence-corrected chi connectivity index (χ0v) is 14.0. The van der Waals surface area contributed by atoms with Gasteiger partial charge < -0.3 is 10.0 Å². The van der Waals surface area contributed by atoms with Crippen LogP contribution in [0.3, 0.4) is 0 Å². The fourth-order valence-corrected chi connectivity index (χ4v) is 4.95. The van der Waals surface area contributed by atoms with Gasteiger partial charge in [-0.05, 0) is 19.3 Å². The molecule has 2 unspecified atom stereocenters. The van der Waals surface area contributed by atoms with Gasteiger partial charge in [0.1, 0.15) is 6.04 Å². The molecule has 1 amide bonds. The van der Waals surface area contributed by atoms with Gasteiger partial charge in [0.25, 0.3) is 0 Å². The van der Waals surface area contributed by atoms with E-state index in [4.69, 9.17) is 5.11 Å². The predicted molar refractivity (Wildman–Crippen MR) is 81.1 cm³/mol. The van der Waals surface area contributed by atoms with Crippen LogP contribution in [0.5, 0.6) is 0 Å². The number of piperidine rings is 1. The number of carboxylic acids is 1. The first-order valence-electron chi connectivity index (χ1n) is 7.92. The maximum Gasteiger partial charge on any atom is 0.343 e. The number of carbonyl (C=O) groups excluding carboxylic acids is 1. The molecule has 0 aromatic carbocycles. The Morgan fingerprint density at radius 2 is 2.00 bits per heavy atom. The zero-order valence-electron chi connectivity index (χ0n) is 13.2. The number of carboxylic acid groups (broad SMARTS) is 1. The molecule has 132 valence electrons. The summed E-state index contributed by atoms with van der Waals surface area (Å²) in [6.07, 6.45) is 2.00. The number of alkyl halides is 1. The summed E-state index contributed by atoms with van der Waals surface area (Å²) in [6, 6.07) is -0.837. The third-order valence-electron chi connectivity index (χ3n) is 4.47. The molecule has 2 heterocycles. The Hall–Kier alpha value is -1.22. The van der Waals surface area contributed by atoms with E-state index >= 15 is 0 Å². The van der Waals surface area contributed by atoms with Crippen LogP contribution in [0.2, 0.25) is 0 Å². The van der Waals surface area contributed by atoms with Gasteiger partial charge >= 0.3 is 5.97 Å². The topological polar surface area (TPSA) is 95.0 Å². The fourth-order valence-electron chi connectivity index (χ4n) is 3.21. The number of carbonyl (C=O) groups is 2. The van der Waals surface area contributed by atoms with Crippen molar-refractivity contribution in [2.75, 3.05) is 25.4 Å². The van der Waals surface area contributed by atoms with E-state index < -0.39 is 40.2 Å². The number of hydrogen-bond donors (Lipinski definition) is 1. The van der Waals surface area contributed by atoms with Crippen molar-refractivity contribution in [3.63, 3.8) is 0 Å². The second-order valence-electron chi connectivity index (χ2n) is 6.22. The summed E-state index contributed by atoms with van der Waals surface area (Å²) < 4.78 is 40.0. The highest BCUT2D eigenvalue weighted by Gasteiger charge is 2.49. The Balaban J connectivity index is 2.15. The second-order valence-corrected chi connectivity index (χ2v) is 8.26. The van der Waals surface area contributed by atoms with Gasteiger partial charge in [0, 0.05) is 19.5 Å². The van der Waals surface area contributed by atoms with E-state index in [-0.39, 0.29) is 25.3 Å². The molecule has 7 nitrogen and oxygen atoms in total. The number of aliphatic carboxylic acids is 1. The van der Waals surface area contributed by atoms with Gasteiger partial charge in [-0.1, -0.05) is 13.3 Å². The third-order valence-corrected chi connectivity index (χ3v) is 6.55. The molecule has 0 aromatic heterocycles. The molecule has 1 N–H and O–H groups in total. The number of likely N-dealkylation sites (tertiary alicyclic amines) is 1. The molecule has 2 atom stereocenters. The van der Waals surface area contributed by atoms with Crippen molar-refractivity contribution in [1.29, 1.82) is 0 Å². The molecule has 2 aliphatic rings. The Kier molecular flexibility index (Phi) is 5.30. The third kappa shape index (κ3) is 3.65. The Morgan fingerprint density at radius 3 is 2.57 bits per heavy atom. The maximum absolute atomic E-state index is 14.1. The molecular weight excluding hydrogens is 327 g/mol. The predicted octanol–water partition coefficient (Wildman–Crippen LogP) is 0.606. The molecule has 0 saturated carbocycles. The van der Waals surface area contributed by atoms with E-state index in [9.17, 15) is 22.4 Å². The van der Waals surface area contributed by atoms with Crippen LogP contribution < -0.4 is 0 Å². The summed E-state index contributed by atoms with van der Waals surface area (Å²) in [4.78, 5) is 24.7. The minimum absolute atomic E-state index is 0.000200. The number of sulfonamides is 1. The van der Waals surface area contributed by atoms with Crippen LogP contribution in [0.1, 0.15) is 39.0 Å². The number of amides is 1. The lowest BCUT2D eigenvalue weighted by atomic mass is 10.0. The average Bonchev–Trinajstić information content (AvgIpc) is 2.90. The van der Waals surface area contributed by atoms with Crippen LogP contribution >= 0.6 is 0 Å². The summed E-state index contributed by atoms with van der Waals surface area (Å²) in [6.45, 7) is 1.52. The van der Waals surface area contributed by atoms with Gasteiger partial charge in [-0.25, -0.2) is 17.6 Å². The number of rotatable bonds is 5. The van der Waals surface area contributed by atoms with Crippen LogP contribution in [0.4, 0.5) is 4.39 Å². The standard InChI is InChI=1S/C14H23FN2O5S/c1-2-9-23(21,22)17-7-4-3-5-11(17)12(18)16-8-6-14(15,10-16)13(19)20/h11H,2-10H2,1H3,(H,19,20). The minimum Gasteiger partial charge on any atom is -0.479 e. The largest absolute Gasteiger partial charge is 0.479 e. The summed E-state index contributed by atoms with van der Waals surface area (Å²) in [5, 5.41) is 8.91. The van der Waals surface area contributed by atoms with Gasteiger partial charge in [0.2, 0.25) is 21.6 Å². The smallest absolute Gasteiger partial charge is 0.343 e. The quantitative estimate of drug-likeness (QED) is 0.784. The normalized spacial score (nSPS) is 29.7. The lowest BCUT2D eigenvalue weighted by Crippen LogP contribution is -2.53. The van der Waals surface area contributed by atoms with Gasteiger partial charge in [-0.15, -0.1) is 0 Å². The lowest BCUT2D eigenvalue weighted by molar-refractivity contribution is -0.150. The van der Waals surface area contributed by atoms with Crippen LogP contribution in [0, 0.1) is 0 Å². The number of halogens is 1. The molecule has 2 rings (SSSR count). The first-order chi connectivity index (χ1) is 10.7. The Labute approximate surface area is 135 Å². The van der Waals surface area contributed by atoms with E-state index in [1.165, 1.54) is 4.31 Å². The molecule has 0 spiro atoms. The minimum atomic E-state index is -3.53. The van der Waals surface area contributed by atoms with E-state index in [2.05, 4.69) is 0 Å². The van der Waals surface area contributed by atoms with Gasteiger partial charge in [-0.3, -0.25) is 4.79 Å². The van der Waals surface area contributed by atoms with Gasteiger partial charge in [-0.2, -0.15) is 4.31 Å². The van der Waals surface area contributed by atoms with Crippen molar-refractivity contribution in [2.24, 2.45) is 0 Å². The first-order valence-corrected chi connectivity index (χ1v) is 9.53.